The molecule has 8 N–H and O–H groups in total. The molecule has 0 saturated heterocycles. The summed E-state index contributed by atoms with van der Waals surface area (Å²) in [5, 5.41) is 68.3. The van der Waals surface area contributed by atoms with Crippen LogP contribution in [0.1, 0.15) is 91.4 Å². The molecule has 4 atom stereocenters. The van der Waals surface area contributed by atoms with Gasteiger partial charge in [-0.05, 0) is 19.3 Å². The van der Waals surface area contributed by atoms with Crippen LogP contribution in [0.4, 0.5) is 0 Å². The minimum Gasteiger partial charge on any atom is -0.394 e. The lowest BCUT2D eigenvalue weighted by Gasteiger charge is -2.22. The first-order chi connectivity index (χ1) is 15.8. The van der Waals surface area contributed by atoms with Crippen molar-refractivity contribution in [3.8, 4) is 0 Å². The summed E-state index contributed by atoms with van der Waals surface area (Å²) in [7, 11) is 0. The highest BCUT2D eigenvalue weighted by Crippen LogP contribution is 2.12. The Morgan fingerprint density at radius 1 is 0.545 bits per heavy atom. The van der Waals surface area contributed by atoms with Gasteiger partial charge in [0.15, 0.2) is 0 Å². The number of ether oxygens (including phenoxy) is 1. The van der Waals surface area contributed by atoms with Crippen LogP contribution in [0.3, 0.4) is 0 Å². The maximum absolute atomic E-state index is 9.71. The molecule has 33 heavy (non-hydrogen) atoms. The van der Waals surface area contributed by atoms with Crippen LogP contribution in [0.5, 0.6) is 0 Å². The number of hydrogen-bond donors (Lipinski definition) is 8. The average molecular weight is 487 g/mol. The summed E-state index contributed by atoms with van der Waals surface area (Å²) in [6.07, 6.45) is 8.56. The minimum absolute atomic E-state index is 0.188. The van der Waals surface area contributed by atoms with Crippen molar-refractivity contribution in [1.82, 2.24) is 0 Å². The standard InChI is InChI=1S/C16H34O3.C5H12O3.C3H8O3/c1-3-5-7-8-9-11-13-19-16(15(18)14-17)12-10-6-4-2;1-2-4(7)5(8)3-6;4-1-3(6)2-5/h15-18H,3-14H2,1-2H3;4-8H,2-3H2,1H3;3-6H,1-2H2. The van der Waals surface area contributed by atoms with Gasteiger partial charge in [-0.25, -0.2) is 0 Å². The molecule has 0 aromatic rings. The Morgan fingerprint density at radius 3 is 1.42 bits per heavy atom. The Bertz CT molecular complexity index is 336. The van der Waals surface area contributed by atoms with Crippen LogP contribution in [-0.2, 0) is 4.74 Å². The number of unbranched alkanes of at least 4 members (excludes halogenated alkanes) is 7. The molecule has 9 nitrogen and oxygen atoms in total. The van der Waals surface area contributed by atoms with Gasteiger partial charge in [0, 0.05) is 6.61 Å². The second kappa shape index (κ2) is 29.7. The normalized spacial score (nSPS) is 14.5. The molecule has 0 amide bonds. The average Bonchev–Trinajstić information content (AvgIpc) is 2.85. The van der Waals surface area contributed by atoms with E-state index >= 15 is 0 Å². The third-order valence-electron chi connectivity index (χ3n) is 5.01. The van der Waals surface area contributed by atoms with Gasteiger partial charge in [0.05, 0.1) is 38.6 Å². The number of rotatable bonds is 19. The molecule has 0 aromatic carbocycles. The van der Waals surface area contributed by atoms with Gasteiger partial charge in [-0.2, -0.15) is 0 Å². The lowest BCUT2D eigenvalue weighted by atomic mass is 10.1. The van der Waals surface area contributed by atoms with Crippen LogP contribution >= 0.6 is 0 Å². The fourth-order valence-electron chi connectivity index (χ4n) is 2.67. The van der Waals surface area contributed by atoms with E-state index in [-0.39, 0.29) is 32.5 Å². The maximum atomic E-state index is 9.71. The van der Waals surface area contributed by atoms with Crippen molar-refractivity contribution in [2.45, 2.75) is 122 Å². The number of aliphatic hydroxyl groups is 8. The highest BCUT2D eigenvalue weighted by Gasteiger charge is 2.18. The highest BCUT2D eigenvalue weighted by atomic mass is 16.5. The van der Waals surface area contributed by atoms with Crippen LogP contribution in [0, 0.1) is 0 Å². The molecule has 4 unspecified atom stereocenters. The highest BCUT2D eigenvalue weighted by molar-refractivity contribution is 4.68. The lowest BCUT2D eigenvalue weighted by molar-refractivity contribution is -0.0629. The number of aliphatic hydroxyl groups excluding tert-OH is 8. The van der Waals surface area contributed by atoms with Gasteiger partial charge in [0.2, 0.25) is 0 Å². The van der Waals surface area contributed by atoms with Gasteiger partial charge in [-0.15, -0.1) is 0 Å². The summed E-state index contributed by atoms with van der Waals surface area (Å²) in [5.74, 6) is 0. The van der Waals surface area contributed by atoms with Gasteiger partial charge in [0.1, 0.15) is 18.3 Å². The molecule has 0 aliphatic rings. The molecule has 0 radical (unpaired) electrons. The zero-order valence-corrected chi connectivity index (χ0v) is 21.2. The lowest BCUT2D eigenvalue weighted by Crippen LogP contribution is -2.32. The number of hydrogen-bond acceptors (Lipinski definition) is 9. The first-order valence-electron chi connectivity index (χ1n) is 12.6. The van der Waals surface area contributed by atoms with Gasteiger partial charge in [-0.3, -0.25) is 0 Å². The van der Waals surface area contributed by atoms with Crippen molar-refractivity contribution in [1.29, 1.82) is 0 Å². The van der Waals surface area contributed by atoms with Crippen LogP contribution < -0.4 is 0 Å². The maximum Gasteiger partial charge on any atom is 0.103 e. The third-order valence-corrected chi connectivity index (χ3v) is 5.01. The van der Waals surface area contributed by atoms with Gasteiger partial charge in [-0.1, -0.05) is 72.1 Å². The zero-order valence-electron chi connectivity index (χ0n) is 21.2. The smallest absolute Gasteiger partial charge is 0.103 e. The molecule has 0 rings (SSSR count). The SMILES string of the molecule is CCC(O)C(O)CO.CCCCCCCCOC(CCCCC)C(O)CO.OCC(O)CO. The summed E-state index contributed by atoms with van der Waals surface area (Å²) >= 11 is 0. The van der Waals surface area contributed by atoms with Gasteiger partial charge in [0.25, 0.3) is 0 Å². The molecule has 0 aliphatic heterocycles. The van der Waals surface area contributed by atoms with Crippen LogP contribution in [0.15, 0.2) is 0 Å². The molecular weight excluding hydrogens is 432 g/mol. The third kappa shape index (κ3) is 27.8. The van der Waals surface area contributed by atoms with Crippen molar-refractivity contribution in [2.75, 3.05) is 33.0 Å². The van der Waals surface area contributed by atoms with E-state index in [4.69, 9.17) is 40.5 Å². The van der Waals surface area contributed by atoms with Crippen LogP contribution in [-0.4, -0.2) is 104 Å². The summed E-state index contributed by atoms with van der Waals surface area (Å²) in [6.45, 7) is 5.54. The van der Waals surface area contributed by atoms with E-state index in [1.165, 1.54) is 38.5 Å². The Balaban J connectivity index is -0.000000525. The quantitative estimate of drug-likeness (QED) is 0.125. The van der Waals surface area contributed by atoms with E-state index in [2.05, 4.69) is 13.8 Å². The van der Waals surface area contributed by atoms with Crippen molar-refractivity contribution in [3.05, 3.63) is 0 Å². The predicted octanol–water partition coefficient (Wildman–Crippen LogP) is 1.11. The molecule has 0 bridgehead atoms. The van der Waals surface area contributed by atoms with Crippen molar-refractivity contribution in [2.24, 2.45) is 0 Å². The van der Waals surface area contributed by atoms with E-state index in [1.807, 2.05) is 0 Å². The van der Waals surface area contributed by atoms with Gasteiger partial charge >= 0.3 is 0 Å². The Hall–Kier alpha value is -0.360. The van der Waals surface area contributed by atoms with E-state index in [0.29, 0.717) is 13.0 Å². The Morgan fingerprint density at radius 2 is 1.03 bits per heavy atom. The molecule has 0 saturated carbocycles. The molecule has 9 heteroatoms. The molecule has 0 fully saturated rings. The van der Waals surface area contributed by atoms with E-state index < -0.39 is 24.4 Å². The van der Waals surface area contributed by atoms with E-state index in [0.717, 1.165) is 25.7 Å². The van der Waals surface area contributed by atoms with E-state index in [1.54, 1.807) is 6.92 Å². The second-order valence-corrected chi connectivity index (χ2v) is 8.17. The Labute approximate surface area is 201 Å². The first-order valence-corrected chi connectivity index (χ1v) is 12.6. The van der Waals surface area contributed by atoms with Crippen molar-refractivity contribution >= 4 is 0 Å². The van der Waals surface area contributed by atoms with Crippen molar-refractivity contribution in [3.63, 3.8) is 0 Å². The summed E-state index contributed by atoms with van der Waals surface area (Å²) in [6, 6.07) is 0. The van der Waals surface area contributed by atoms with Crippen LogP contribution in [0.25, 0.3) is 0 Å². The molecule has 0 spiro atoms. The van der Waals surface area contributed by atoms with Gasteiger partial charge < -0.3 is 45.6 Å². The zero-order chi connectivity index (χ0) is 25.9. The Kier molecular flexibility index (Phi) is 33.4. The monoisotopic (exact) mass is 486 g/mol. The summed E-state index contributed by atoms with van der Waals surface area (Å²) in [5.41, 5.74) is 0. The first kappa shape index (κ1) is 37.2. The fourth-order valence-corrected chi connectivity index (χ4v) is 2.67. The van der Waals surface area contributed by atoms with E-state index in [9.17, 15) is 5.11 Å². The second-order valence-electron chi connectivity index (χ2n) is 8.17. The molecule has 0 aliphatic carbocycles. The largest absolute Gasteiger partial charge is 0.394 e. The molecule has 0 heterocycles. The predicted molar refractivity (Wildman–Crippen MR) is 130 cm³/mol. The molecule has 204 valence electrons. The summed E-state index contributed by atoms with van der Waals surface area (Å²) < 4.78 is 5.74. The molecular formula is C24H54O9. The van der Waals surface area contributed by atoms with Crippen molar-refractivity contribution < 1.29 is 45.6 Å². The molecule has 0 aromatic heterocycles. The van der Waals surface area contributed by atoms with Crippen LogP contribution in [0.2, 0.25) is 0 Å². The summed E-state index contributed by atoms with van der Waals surface area (Å²) in [4.78, 5) is 0. The minimum atomic E-state index is -0.972. The topological polar surface area (TPSA) is 171 Å². The fraction of sp³-hybridized carbons (Fsp3) is 1.00.